The summed E-state index contributed by atoms with van der Waals surface area (Å²) in [7, 11) is -3.42. The molecule has 1 saturated heterocycles. The topological polar surface area (TPSA) is 53.6 Å². The number of benzene rings is 2. The van der Waals surface area contributed by atoms with Gasteiger partial charge in [0.2, 0.25) is 0 Å². The van der Waals surface area contributed by atoms with Crippen LogP contribution in [-0.4, -0.2) is 69.5 Å². The average Bonchev–Trinajstić information content (AvgIpc) is 3.19. The smallest absolute Gasteiger partial charge is 0.393 e. The summed E-state index contributed by atoms with van der Waals surface area (Å²) in [6.45, 7) is 4.70. The van der Waals surface area contributed by atoms with E-state index in [1.54, 1.807) is 37.6 Å². The van der Waals surface area contributed by atoms with Crippen molar-refractivity contribution in [2.45, 2.75) is 30.4 Å². The zero-order valence-electron chi connectivity index (χ0n) is 24.8. The van der Waals surface area contributed by atoms with Gasteiger partial charge in [-0.05, 0) is 68.6 Å². The lowest BCUT2D eigenvalue weighted by Gasteiger charge is -2.34. The average molecular weight is 601 g/mol. The van der Waals surface area contributed by atoms with E-state index in [2.05, 4.69) is 27.4 Å². The number of piperidine rings is 1. The first-order chi connectivity index (χ1) is 19.5. The molecule has 1 aliphatic rings. The van der Waals surface area contributed by atoms with Crippen molar-refractivity contribution in [2.75, 3.05) is 57.7 Å². The molecular formula is C28H32ClF3N3O2PS. The normalized spacial score (nSPS) is 19.9. The van der Waals surface area contributed by atoms with E-state index in [4.69, 9.17) is 20.5 Å². The second-order valence-corrected chi connectivity index (χ2v) is 14.8. The second kappa shape index (κ2) is 12.0. The molecule has 1 aromatic heterocycles. The minimum atomic E-state index is -4.43. The van der Waals surface area contributed by atoms with Gasteiger partial charge in [-0.2, -0.15) is 13.2 Å². The maximum absolute atomic E-state index is 13.6. The van der Waals surface area contributed by atoms with Crippen molar-refractivity contribution >= 4 is 56.8 Å². The Morgan fingerprint density at radius 1 is 1.28 bits per heavy atom. The predicted molar refractivity (Wildman–Crippen MR) is 158 cm³/mol. The Balaban J connectivity index is 1.62. The Morgan fingerprint density at radius 3 is 2.77 bits per heavy atom. The number of thiophene rings is 1. The summed E-state index contributed by atoms with van der Waals surface area (Å²) in [6, 6.07) is 9.81. The number of ether oxygens (including phenoxy) is 1. The van der Waals surface area contributed by atoms with Gasteiger partial charge in [0.15, 0.2) is 0 Å². The molecule has 0 saturated carbocycles. The van der Waals surface area contributed by atoms with Crippen LogP contribution in [0.5, 0.6) is 5.75 Å². The maximum atomic E-state index is 13.6. The second-order valence-electron chi connectivity index (χ2n) is 9.99. The molecule has 0 aliphatic carbocycles. The van der Waals surface area contributed by atoms with Gasteiger partial charge >= 0.3 is 6.18 Å². The summed E-state index contributed by atoms with van der Waals surface area (Å²) < 4.78 is 81.6. The Bertz CT molecular complexity index is 1550. The molecule has 0 radical (unpaired) electrons. The fraction of sp³-hybridized carbons (Fsp3) is 0.429. The molecule has 1 aliphatic heterocycles. The first-order valence-corrected chi connectivity index (χ1v) is 16.2. The van der Waals surface area contributed by atoms with Crippen LogP contribution >= 0.6 is 30.1 Å². The Kier molecular flexibility index (Phi) is 7.88. The minimum Gasteiger partial charge on any atom is -0.495 e. The van der Waals surface area contributed by atoms with Gasteiger partial charge < -0.3 is 24.8 Å². The number of hydrogen-bond donors (Lipinski definition) is 2. The monoisotopic (exact) mass is 600 g/mol. The van der Waals surface area contributed by atoms with E-state index in [1.165, 1.54) is 17.4 Å². The van der Waals surface area contributed by atoms with Crippen LogP contribution in [0.3, 0.4) is 0 Å². The largest absolute Gasteiger partial charge is 0.495 e. The van der Waals surface area contributed by atoms with Crippen molar-refractivity contribution in [3.05, 3.63) is 46.8 Å². The highest BCUT2D eigenvalue weighted by atomic mass is 35.5. The third-order valence-electron chi connectivity index (χ3n) is 6.55. The number of anilines is 2. The Morgan fingerprint density at radius 2 is 2.08 bits per heavy atom. The number of nitrogens with zero attached hydrogens (tertiary/aromatic N) is 1. The molecule has 4 rings (SSSR count). The molecule has 2 N–H and O–H groups in total. The van der Waals surface area contributed by atoms with Gasteiger partial charge in [-0.1, -0.05) is 24.0 Å². The number of nitrogens with one attached hydrogen (secondary N) is 2. The summed E-state index contributed by atoms with van der Waals surface area (Å²) in [5.41, 5.74) is 1.15. The lowest BCUT2D eigenvalue weighted by atomic mass is 10.0. The summed E-state index contributed by atoms with van der Waals surface area (Å²) in [4.78, 5) is 2.44. The third-order valence-corrected chi connectivity index (χ3v) is 9.71. The van der Waals surface area contributed by atoms with Gasteiger partial charge in [0, 0.05) is 17.9 Å². The number of alkyl halides is 4. The van der Waals surface area contributed by atoms with E-state index in [1.807, 2.05) is 13.1 Å². The van der Waals surface area contributed by atoms with Crippen LogP contribution in [-0.2, 0) is 11.0 Å². The molecule has 39 heavy (non-hydrogen) atoms. The molecule has 1 fully saturated rings. The molecule has 3 aromatic rings. The van der Waals surface area contributed by atoms with Crippen molar-refractivity contribution in [2.24, 2.45) is 0 Å². The van der Waals surface area contributed by atoms with E-state index >= 15 is 0 Å². The number of rotatable bonds is 7. The van der Waals surface area contributed by atoms with Gasteiger partial charge in [0.05, 0.1) is 50.4 Å². The van der Waals surface area contributed by atoms with E-state index in [0.717, 1.165) is 18.7 Å². The van der Waals surface area contributed by atoms with Crippen LogP contribution in [0.25, 0.3) is 10.1 Å². The van der Waals surface area contributed by atoms with E-state index < -0.39 is 26.8 Å². The molecular weight excluding hydrogens is 566 g/mol. The zero-order chi connectivity index (χ0) is 30.9. The first kappa shape index (κ1) is 25.6. The highest BCUT2D eigenvalue weighted by molar-refractivity contribution is 7.70. The number of fused-ring (bicyclic) bond motifs is 1. The molecule has 5 nitrogen and oxygen atoms in total. The lowest BCUT2D eigenvalue weighted by molar-refractivity contribution is -0.126. The van der Waals surface area contributed by atoms with Gasteiger partial charge in [-0.3, -0.25) is 0 Å². The molecule has 2 heterocycles. The highest BCUT2D eigenvalue weighted by Gasteiger charge is 2.32. The van der Waals surface area contributed by atoms with Crippen LogP contribution in [0.15, 0.2) is 36.4 Å². The third kappa shape index (κ3) is 7.43. The number of likely N-dealkylation sites (tertiary alicyclic amines) is 1. The van der Waals surface area contributed by atoms with E-state index in [0.29, 0.717) is 32.5 Å². The Hall–Kier alpha value is -2.37. The summed E-state index contributed by atoms with van der Waals surface area (Å²) in [6.07, 6.45) is -4.74. The summed E-state index contributed by atoms with van der Waals surface area (Å²) in [5, 5.41) is 7.23. The van der Waals surface area contributed by atoms with Gasteiger partial charge in [-0.25, -0.2) is 0 Å². The van der Waals surface area contributed by atoms with Crippen LogP contribution in [0.4, 0.5) is 24.5 Å². The molecule has 2 aromatic carbocycles. The molecule has 210 valence electrons. The van der Waals surface area contributed by atoms with E-state index in [9.17, 15) is 17.7 Å². The van der Waals surface area contributed by atoms with Crippen LogP contribution in [0.1, 0.15) is 21.0 Å². The van der Waals surface area contributed by atoms with Crippen LogP contribution in [0, 0.1) is 11.8 Å². The number of methoxy groups -OCH3 is 1. The van der Waals surface area contributed by atoms with Crippen molar-refractivity contribution in [1.29, 1.82) is 0 Å². The molecule has 0 bridgehead atoms. The lowest BCUT2D eigenvalue weighted by Crippen LogP contribution is -2.45. The molecule has 11 heteroatoms. The van der Waals surface area contributed by atoms with Crippen molar-refractivity contribution in [1.82, 2.24) is 4.90 Å². The molecule has 0 unspecified atom stereocenters. The van der Waals surface area contributed by atoms with Gasteiger partial charge in [0.25, 0.3) is 0 Å². The standard InChI is InChI=1S/C28H32ClF3N3O2PS/c1-35-14-12-22(21(29)17-35)34-24-8-5-7-19-20(16-28(30,31)32)26(39-27(19)24)9-6-13-33-23-11-10-18(38(3,4)36)15-25(23)37-2/h5,7-8,10-11,15,21-22,33-34H,12-14,16-17H2,1-4H3/t21-,22+/m1/s1/i2D3. The molecule has 2 atom stereocenters. The molecule has 0 amide bonds. The van der Waals surface area contributed by atoms with Crippen molar-refractivity contribution in [3.8, 4) is 17.6 Å². The SMILES string of the molecule is [2H]C([2H])([2H])Oc1cc(P(C)(C)=O)ccc1NCC#Cc1sc2c(N[C@H]3CCN(C)C[C@H]3Cl)cccc2c1CC(F)(F)F. The van der Waals surface area contributed by atoms with Crippen LogP contribution in [0.2, 0.25) is 0 Å². The summed E-state index contributed by atoms with van der Waals surface area (Å²) in [5.74, 6) is 5.75. The highest BCUT2D eigenvalue weighted by Crippen LogP contribution is 2.40. The zero-order valence-corrected chi connectivity index (χ0v) is 24.3. The van der Waals surface area contributed by atoms with Crippen molar-refractivity contribution in [3.63, 3.8) is 0 Å². The van der Waals surface area contributed by atoms with Gasteiger partial charge in [-0.15, -0.1) is 22.9 Å². The maximum Gasteiger partial charge on any atom is 0.393 e. The van der Waals surface area contributed by atoms with E-state index in [-0.39, 0.29) is 29.3 Å². The molecule has 0 spiro atoms. The minimum absolute atomic E-state index is 0.000940. The fourth-order valence-corrected chi connectivity index (χ4v) is 6.98. The van der Waals surface area contributed by atoms with Crippen LogP contribution < -0.4 is 20.7 Å². The fourth-order valence-electron chi connectivity index (χ4n) is 4.52. The first-order valence-electron chi connectivity index (χ1n) is 13.8. The van der Waals surface area contributed by atoms with Gasteiger partial charge in [0.1, 0.15) is 12.9 Å². The quantitative estimate of drug-likeness (QED) is 0.185. The number of hydrogen-bond acceptors (Lipinski definition) is 6. The number of halogens is 4. The summed E-state index contributed by atoms with van der Waals surface area (Å²) >= 11 is 7.78. The predicted octanol–water partition coefficient (Wildman–Crippen LogP) is 6.45. The Labute approximate surface area is 240 Å². The van der Waals surface area contributed by atoms with Crippen molar-refractivity contribution < 1.29 is 26.6 Å².